The number of likely N-dealkylation sites (tertiary alicyclic amines) is 1. The van der Waals surface area contributed by atoms with E-state index in [1.807, 2.05) is 60.7 Å². The molecule has 5 nitrogen and oxygen atoms in total. The first kappa shape index (κ1) is 23.9. The van der Waals surface area contributed by atoms with Crippen molar-refractivity contribution in [1.82, 2.24) is 4.90 Å². The van der Waals surface area contributed by atoms with Crippen molar-refractivity contribution in [3.63, 3.8) is 0 Å². The summed E-state index contributed by atoms with van der Waals surface area (Å²) in [5.41, 5.74) is 1.79. The Labute approximate surface area is 202 Å². The van der Waals surface area contributed by atoms with E-state index in [9.17, 15) is 9.59 Å². The van der Waals surface area contributed by atoms with E-state index in [0.717, 1.165) is 74.0 Å². The summed E-state index contributed by atoms with van der Waals surface area (Å²) in [4.78, 5) is 28.7. The molecule has 6 heteroatoms. The number of carbonyl (C=O) groups is 2. The van der Waals surface area contributed by atoms with Crippen LogP contribution in [0.5, 0.6) is 0 Å². The molecule has 2 atom stereocenters. The van der Waals surface area contributed by atoms with Crippen molar-refractivity contribution in [1.29, 1.82) is 0 Å². The maximum Gasteiger partial charge on any atom is 0.328 e. The van der Waals surface area contributed by atoms with Crippen molar-refractivity contribution < 1.29 is 31.2 Å². The molecule has 6 rings (SSSR count). The molecule has 2 aromatic rings. The Bertz CT molecular complexity index is 938. The van der Waals surface area contributed by atoms with Gasteiger partial charge in [-0.15, -0.1) is 0 Å². The molecule has 0 radical (unpaired) electrons. The first-order chi connectivity index (χ1) is 15.6. The molecule has 2 aromatic carbocycles. The van der Waals surface area contributed by atoms with Crippen LogP contribution in [0.3, 0.4) is 0 Å². The van der Waals surface area contributed by atoms with Gasteiger partial charge in [-0.1, -0.05) is 60.7 Å². The van der Waals surface area contributed by atoms with Crippen molar-refractivity contribution in [2.75, 3.05) is 39.3 Å². The van der Waals surface area contributed by atoms with E-state index in [2.05, 4.69) is 4.90 Å². The topological polar surface area (TPSA) is 46.6 Å². The normalized spacial score (nSPS) is 27.5. The van der Waals surface area contributed by atoms with Gasteiger partial charge in [0.15, 0.2) is 6.10 Å². The number of ketones is 1. The van der Waals surface area contributed by atoms with Crippen LogP contribution in [0.25, 0.3) is 0 Å². The van der Waals surface area contributed by atoms with Gasteiger partial charge in [0.25, 0.3) is 0 Å². The van der Waals surface area contributed by atoms with Crippen LogP contribution in [0.2, 0.25) is 0 Å². The largest absolute Gasteiger partial charge is 1.00 e. The molecule has 33 heavy (non-hydrogen) atoms. The molecule has 0 saturated carbocycles. The summed E-state index contributed by atoms with van der Waals surface area (Å²) >= 11 is 0. The van der Waals surface area contributed by atoms with Gasteiger partial charge in [0, 0.05) is 24.3 Å². The zero-order chi connectivity index (χ0) is 22.0. The van der Waals surface area contributed by atoms with Gasteiger partial charge in [-0.05, 0) is 31.5 Å². The van der Waals surface area contributed by atoms with Gasteiger partial charge in [0.2, 0.25) is 5.78 Å². The van der Waals surface area contributed by atoms with E-state index in [1.54, 1.807) is 0 Å². The third-order valence-electron chi connectivity index (χ3n) is 7.73. The van der Waals surface area contributed by atoms with Crippen LogP contribution >= 0.6 is 0 Å². The van der Waals surface area contributed by atoms with Gasteiger partial charge in [0.1, 0.15) is 19.1 Å². The fourth-order valence-corrected chi connectivity index (χ4v) is 5.94. The summed E-state index contributed by atoms with van der Waals surface area (Å²) in [6, 6.07) is 19.3. The van der Waals surface area contributed by atoms with Crippen LogP contribution in [0.4, 0.5) is 0 Å². The molecule has 2 bridgehead atoms. The van der Waals surface area contributed by atoms with Crippen molar-refractivity contribution in [3.8, 4) is 0 Å². The number of rotatable bonds is 7. The summed E-state index contributed by atoms with van der Waals surface area (Å²) < 4.78 is 7.01. The van der Waals surface area contributed by atoms with E-state index >= 15 is 0 Å². The predicted octanol–water partition coefficient (Wildman–Crippen LogP) is 0.863. The second kappa shape index (κ2) is 10.4. The van der Waals surface area contributed by atoms with Crippen molar-refractivity contribution in [2.45, 2.75) is 37.8 Å². The van der Waals surface area contributed by atoms with Gasteiger partial charge in [-0.2, -0.15) is 0 Å². The number of Topliss-reactive ketones (excluding diaryl/α,β-unsaturated/α-hetero) is 1. The molecule has 4 saturated heterocycles. The molecular formula is C27H33ClN2O3. The maximum absolute atomic E-state index is 13.5. The Hall–Kier alpha value is -2.21. The summed E-state index contributed by atoms with van der Waals surface area (Å²) in [5, 5.41) is 0. The molecule has 176 valence electrons. The third kappa shape index (κ3) is 5.16. The number of hydrogen-bond donors (Lipinski definition) is 0. The van der Waals surface area contributed by atoms with E-state index in [4.69, 9.17) is 4.74 Å². The Morgan fingerprint density at radius 1 is 0.939 bits per heavy atom. The molecule has 4 heterocycles. The van der Waals surface area contributed by atoms with Crippen LogP contribution in [0.1, 0.15) is 47.6 Å². The number of nitrogens with zero attached hydrogens (tertiary/aromatic N) is 2. The van der Waals surface area contributed by atoms with Crippen molar-refractivity contribution in [2.24, 2.45) is 5.92 Å². The lowest BCUT2D eigenvalue weighted by molar-refractivity contribution is -0.938. The lowest BCUT2D eigenvalue weighted by Gasteiger charge is -2.51. The number of quaternary nitrogens is 1. The number of carbonyl (C=O) groups excluding carboxylic acids is 2. The Morgan fingerprint density at radius 3 is 2.18 bits per heavy atom. The lowest BCUT2D eigenvalue weighted by Crippen LogP contribution is -3.00. The molecule has 0 N–H and O–H groups in total. The van der Waals surface area contributed by atoms with Gasteiger partial charge in [-0.3, -0.25) is 9.69 Å². The van der Waals surface area contributed by atoms with Gasteiger partial charge in [-0.25, -0.2) is 4.79 Å². The van der Waals surface area contributed by atoms with Crippen molar-refractivity contribution in [3.05, 3.63) is 71.8 Å². The van der Waals surface area contributed by atoms with E-state index in [-0.39, 0.29) is 36.3 Å². The molecule has 1 unspecified atom stereocenters. The van der Waals surface area contributed by atoms with Crippen LogP contribution in [0.15, 0.2) is 60.7 Å². The number of ether oxygens (including phenoxy) is 1. The fraction of sp³-hybridized carbons (Fsp3) is 0.481. The summed E-state index contributed by atoms with van der Waals surface area (Å²) in [6.07, 6.45) is 4.22. The quantitative estimate of drug-likeness (QED) is 0.343. The Kier molecular flexibility index (Phi) is 7.52. The second-order valence-electron chi connectivity index (χ2n) is 9.79. The standard InChI is InChI=1S/C27H33N2O3.ClH/c30-24(21-9-3-1-4-10-21)19-29-17-13-22(14-18-29)25(20-29)32-27(31)26(28-15-7-8-16-28)23-11-5-2-6-12-23;/h1-6,9-12,22,25-26H,7-8,13-20H2;1H/q+1;/p-1/t22?,25-,26?,29?;/m0./s1. The fourth-order valence-electron chi connectivity index (χ4n) is 5.94. The summed E-state index contributed by atoms with van der Waals surface area (Å²) in [5.74, 6) is 0.486. The molecule has 0 amide bonds. The van der Waals surface area contributed by atoms with E-state index in [0.29, 0.717) is 12.5 Å². The van der Waals surface area contributed by atoms with E-state index < -0.39 is 0 Å². The minimum Gasteiger partial charge on any atom is -1.00 e. The van der Waals surface area contributed by atoms with Gasteiger partial charge < -0.3 is 21.6 Å². The Morgan fingerprint density at radius 2 is 1.55 bits per heavy atom. The minimum atomic E-state index is -0.325. The highest BCUT2D eigenvalue weighted by atomic mass is 35.5. The number of halogens is 1. The lowest BCUT2D eigenvalue weighted by atomic mass is 9.82. The van der Waals surface area contributed by atoms with Crippen LogP contribution < -0.4 is 12.4 Å². The SMILES string of the molecule is O=C(C[N+]12CCC(CC1)[C@@H](OC(=O)C(c1ccccc1)N1CCCC1)C2)c1ccccc1.[Cl-]. The highest BCUT2D eigenvalue weighted by Gasteiger charge is 2.49. The molecule has 4 fully saturated rings. The molecule has 0 aliphatic carbocycles. The number of fused-ring (bicyclic) bond motifs is 3. The van der Waals surface area contributed by atoms with Gasteiger partial charge in [0.05, 0.1) is 13.1 Å². The molecule has 4 aliphatic rings. The first-order valence-corrected chi connectivity index (χ1v) is 12.1. The smallest absolute Gasteiger partial charge is 0.328 e. The zero-order valence-electron chi connectivity index (χ0n) is 19.1. The third-order valence-corrected chi connectivity index (χ3v) is 7.73. The van der Waals surface area contributed by atoms with E-state index in [1.165, 1.54) is 0 Å². The highest BCUT2D eigenvalue weighted by Crippen LogP contribution is 2.37. The minimum absolute atomic E-state index is 0. The predicted molar refractivity (Wildman–Crippen MR) is 123 cm³/mol. The average Bonchev–Trinajstić information content (AvgIpc) is 3.35. The monoisotopic (exact) mass is 468 g/mol. The molecule has 0 spiro atoms. The summed E-state index contributed by atoms with van der Waals surface area (Å²) in [7, 11) is 0. The first-order valence-electron chi connectivity index (χ1n) is 12.1. The average molecular weight is 469 g/mol. The van der Waals surface area contributed by atoms with Crippen LogP contribution in [-0.2, 0) is 9.53 Å². The highest BCUT2D eigenvalue weighted by molar-refractivity contribution is 5.96. The number of piperidine rings is 3. The summed E-state index contributed by atoms with van der Waals surface area (Å²) in [6.45, 7) is 5.15. The molecular weight excluding hydrogens is 436 g/mol. The number of esters is 1. The number of benzene rings is 2. The van der Waals surface area contributed by atoms with Crippen LogP contribution in [0, 0.1) is 5.92 Å². The Balaban J connectivity index is 0.00000259. The number of hydrogen-bond acceptors (Lipinski definition) is 4. The second-order valence-corrected chi connectivity index (χ2v) is 9.79. The molecule has 0 aromatic heterocycles. The zero-order valence-corrected chi connectivity index (χ0v) is 19.8. The maximum atomic E-state index is 13.5. The van der Waals surface area contributed by atoms with Gasteiger partial charge >= 0.3 is 5.97 Å². The molecule has 4 aliphatic heterocycles. The van der Waals surface area contributed by atoms with Crippen LogP contribution in [-0.4, -0.2) is 66.5 Å². The van der Waals surface area contributed by atoms with Crippen molar-refractivity contribution >= 4 is 11.8 Å².